The molecule has 6 atom stereocenters. The second-order valence-corrected chi connectivity index (χ2v) is 11.4. The summed E-state index contributed by atoms with van der Waals surface area (Å²) in [6, 6.07) is 12.9. The number of hydrogen-bond acceptors (Lipinski definition) is 8. The highest BCUT2D eigenvalue weighted by Gasteiger charge is 2.53. The maximum atomic E-state index is 13.9. The van der Waals surface area contributed by atoms with Crippen LogP contribution in [0.5, 0.6) is 0 Å². The van der Waals surface area contributed by atoms with E-state index in [9.17, 15) is 23.9 Å². The van der Waals surface area contributed by atoms with Gasteiger partial charge in [0.05, 0.1) is 30.4 Å². The van der Waals surface area contributed by atoms with Crippen LogP contribution in [0.15, 0.2) is 60.8 Å². The van der Waals surface area contributed by atoms with Gasteiger partial charge >= 0.3 is 6.09 Å². The molecule has 2 aliphatic heterocycles. The topological polar surface area (TPSA) is 142 Å². The quantitative estimate of drug-likeness (QED) is 0.317. The number of aliphatic hydroxyl groups is 1. The molecule has 0 bridgehead atoms. The molecule has 3 N–H and O–H groups in total. The number of rotatable bonds is 10. The maximum Gasteiger partial charge on any atom is 0.410 e. The van der Waals surface area contributed by atoms with E-state index in [4.69, 9.17) is 4.74 Å². The van der Waals surface area contributed by atoms with Crippen molar-refractivity contribution in [3.63, 3.8) is 0 Å². The number of carbonyl (C=O) groups is 3. The minimum atomic E-state index is -1.16. The molecule has 0 radical (unpaired) electrons. The molecule has 1 aromatic heterocycles. The number of benzene rings is 2. The molecule has 12 nitrogen and oxygen atoms in total. The van der Waals surface area contributed by atoms with Gasteiger partial charge in [-0.3, -0.25) is 14.3 Å². The maximum absolute atomic E-state index is 13.9. The number of aromatic nitrogens is 3. The molecule has 5 rings (SSSR count). The Morgan fingerprint density at radius 1 is 1.09 bits per heavy atom. The number of aliphatic hydroxyl groups excluding tert-OH is 1. The molecule has 13 heteroatoms. The fraction of sp³-hybridized carbons (Fsp3) is 0.452. The first-order valence-electron chi connectivity index (χ1n) is 14.8. The molecule has 2 aliphatic rings. The Morgan fingerprint density at radius 2 is 1.82 bits per heavy atom. The van der Waals surface area contributed by atoms with Gasteiger partial charge in [-0.25, -0.2) is 9.18 Å². The van der Waals surface area contributed by atoms with Crippen LogP contribution in [0.2, 0.25) is 0 Å². The van der Waals surface area contributed by atoms with Crippen LogP contribution in [-0.2, 0) is 27.5 Å². The minimum absolute atomic E-state index is 0.116. The molecular formula is C31H38FN7O5. The van der Waals surface area contributed by atoms with Gasteiger partial charge in [0.25, 0.3) is 0 Å². The Hall–Kier alpha value is -4.36. The molecule has 0 spiro atoms. The molecule has 3 heterocycles. The zero-order chi connectivity index (χ0) is 31.4. The van der Waals surface area contributed by atoms with Crippen molar-refractivity contribution in [3.05, 3.63) is 72.2 Å². The predicted octanol–water partition coefficient (Wildman–Crippen LogP) is 1.80. The Kier molecular flexibility index (Phi) is 9.55. The average Bonchev–Trinajstić information content (AvgIpc) is 3.76. The molecule has 3 aromatic rings. The standard InChI is InChI=1S/C31H38FN7O5/c1-19(33-3)29(41)34-27(20(2)40)30(42)38-14-13-26-28(38)23(16-39(26)31(43)44-18-21-7-5-4-6-8-21)15-37-17-25(35-36-37)22-9-11-24(32)12-10-22/h4-12,17,19-20,23,26-28,33,40H,13-16,18H2,1-3H3,(H,34,41)/t19-,20+,23-,26+,27-,28+/m0/s1. The summed E-state index contributed by atoms with van der Waals surface area (Å²) < 4.78 is 20.8. The normalized spacial score (nSPS) is 21.4. The fourth-order valence-electron chi connectivity index (χ4n) is 6.00. The largest absolute Gasteiger partial charge is 0.445 e. The van der Waals surface area contributed by atoms with Gasteiger partial charge in [0.1, 0.15) is 24.2 Å². The van der Waals surface area contributed by atoms with E-state index < -0.39 is 42.1 Å². The fourth-order valence-corrected chi connectivity index (χ4v) is 6.00. The first-order chi connectivity index (χ1) is 21.2. The van der Waals surface area contributed by atoms with E-state index in [2.05, 4.69) is 20.9 Å². The molecule has 0 saturated carbocycles. The van der Waals surface area contributed by atoms with Gasteiger partial charge in [-0.2, -0.15) is 0 Å². The highest BCUT2D eigenvalue weighted by atomic mass is 19.1. The SMILES string of the molecule is CN[C@@H](C)C(=O)N[C@H](C(=O)N1CC[C@@H]2[C@H]1[C@@H](Cn1cc(-c3ccc(F)cc3)nn1)CN2C(=O)OCc1ccccc1)[C@@H](C)O. The lowest BCUT2D eigenvalue weighted by molar-refractivity contribution is -0.141. The van der Waals surface area contributed by atoms with E-state index in [0.717, 1.165) is 5.56 Å². The van der Waals surface area contributed by atoms with E-state index in [0.29, 0.717) is 37.3 Å². The molecule has 0 unspecified atom stereocenters. The molecule has 44 heavy (non-hydrogen) atoms. The van der Waals surface area contributed by atoms with Gasteiger partial charge in [-0.05, 0) is 57.1 Å². The molecule has 3 amide bonds. The van der Waals surface area contributed by atoms with Crippen molar-refractivity contribution in [3.8, 4) is 11.3 Å². The number of likely N-dealkylation sites (tertiary alicyclic amines) is 2. The number of nitrogens with one attached hydrogen (secondary N) is 2. The van der Waals surface area contributed by atoms with Gasteiger partial charge in [0.2, 0.25) is 11.8 Å². The van der Waals surface area contributed by atoms with Crippen LogP contribution in [0.1, 0.15) is 25.8 Å². The van der Waals surface area contributed by atoms with Crippen molar-refractivity contribution >= 4 is 17.9 Å². The summed E-state index contributed by atoms with van der Waals surface area (Å²) in [4.78, 5) is 43.3. The van der Waals surface area contributed by atoms with Gasteiger partial charge in [-0.1, -0.05) is 35.5 Å². The Balaban J connectivity index is 1.37. The number of fused-ring (bicyclic) bond motifs is 1. The Morgan fingerprint density at radius 3 is 2.50 bits per heavy atom. The lowest BCUT2D eigenvalue weighted by Gasteiger charge is -2.33. The van der Waals surface area contributed by atoms with E-state index in [1.165, 1.54) is 19.1 Å². The first kappa shape index (κ1) is 31.1. The van der Waals surface area contributed by atoms with Crippen molar-refractivity contribution in [2.24, 2.45) is 5.92 Å². The summed E-state index contributed by atoms with van der Waals surface area (Å²) in [5.41, 5.74) is 2.13. The third-order valence-corrected chi connectivity index (χ3v) is 8.43. The summed E-state index contributed by atoms with van der Waals surface area (Å²) in [5.74, 6) is -1.43. The number of carbonyl (C=O) groups excluding carboxylic acids is 3. The van der Waals surface area contributed by atoms with E-state index in [1.54, 1.807) is 46.8 Å². The highest BCUT2D eigenvalue weighted by molar-refractivity contribution is 5.90. The highest BCUT2D eigenvalue weighted by Crippen LogP contribution is 2.37. The van der Waals surface area contributed by atoms with Gasteiger partial charge in [0, 0.05) is 31.1 Å². The number of halogens is 1. The van der Waals surface area contributed by atoms with Crippen molar-refractivity contribution < 1.29 is 28.6 Å². The second kappa shape index (κ2) is 13.5. The van der Waals surface area contributed by atoms with Gasteiger partial charge < -0.3 is 30.3 Å². The number of hydrogen-bond donors (Lipinski definition) is 3. The van der Waals surface area contributed by atoms with Crippen molar-refractivity contribution in [2.45, 2.75) is 63.7 Å². The number of nitrogens with zero attached hydrogens (tertiary/aromatic N) is 5. The van der Waals surface area contributed by atoms with Gasteiger partial charge in [-0.15, -0.1) is 5.10 Å². The minimum Gasteiger partial charge on any atom is -0.445 e. The third kappa shape index (κ3) is 6.73. The van der Waals surface area contributed by atoms with Crippen LogP contribution >= 0.6 is 0 Å². The monoisotopic (exact) mass is 607 g/mol. The van der Waals surface area contributed by atoms with Crippen LogP contribution in [0, 0.1) is 11.7 Å². The lowest BCUT2D eigenvalue weighted by Crippen LogP contribution is -2.58. The number of likely N-dealkylation sites (N-methyl/N-ethyl adjacent to an activating group) is 1. The zero-order valence-corrected chi connectivity index (χ0v) is 25.0. The van der Waals surface area contributed by atoms with Gasteiger partial charge in [0.15, 0.2) is 0 Å². The Bertz CT molecular complexity index is 1450. The summed E-state index contributed by atoms with van der Waals surface area (Å²) in [6.45, 7) is 4.23. The van der Waals surface area contributed by atoms with Crippen molar-refractivity contribution in [1.29, 1.82) is 0 Å². The van der Waals surface area contributed by atoms with Crippen LogP contribution in [0.4, 0.5) is 9.18 Å². The van der Waals surface area contributed by atoms with Crippen LogP contribution in [0.3, 0.4) is 0 Å². The molecule has 0 aliphatic carbocycles. The van der Waals surface area contributed by atoms with E-state index in [-0.39, 0.29) is 24.4 Å². The molecule has 234 valence electrons. The van der Waals surface area contributed by atoms with E-state index >= 15 is 0 Å². The summed E-state index contributed by atoms with van der Waals surface area (Å²) in [7, 11) is 1.63. The molecule has 2 aromatic carbocycles. The molecular weight excluding hydrogens is 569 g/mol. The lowest BCUT2D eigenvalue weighted by atomic mass is 9.98. The average molecular weight is 608 g/mol. The Labute approximate surface area is 255 Å². The smallest absolute Gasteiger partial charge is 0.410 e. The summed E-state index contributed by atoms with van der Waals surface area (Å²) in [5, 5.41) is 24.6. The molecule has 2 fully saturated rings. The third-order valence-electron chi connectivity index (χ3n) is 8.43. The van der Waals surface area contributed by atoms with Crippen molar-refractivity contribution in [1.82, 2.24) is 35.4 Å². The van der Waals surface area contributed by atoms with Crippen molar-refractivity contribution in [2.75, 3.05) is 20.1 Å². The first-order valence-corrected chi connectivity index (χ1v) is 14.8. The number of ether oxygens (including phenoxy) is 1. The molecule has 2 saturated heterocycles. The van der Waals surface area contributed by atoms with E-state index in [1.807, 2.05) is 30.3 Å². The number of amides is 3. The van der Waals surface area contributed by atoms with Crippen LogP contribution in [-0.4, -0.2) is 98.2 Å². The summed E-state index contributed by atoms with van der Waals surface area (Å²) >= 11 is 0. The summed E-state index contributed by atoms with van der Waals surface area (Å²) in [6.07, 6.45) is 0.640. The second-order valence-electron chi connectivity index (χ2n) is 11.4. The predicted molar refractivity (Wildman–Crippen MR) is 158 cm³/mol. The van der Waals surface area contributed by atoms with Crippen LogP contribution < -0.4 is 10.6 Å². The van der Waals surface area contributed by atoms with Crippen LogP contribution in [0.25, 0.3) is 11.3 Å². The zero-order valence-electron chi connectivity index (χ0n) is 25.0.